The minimum Gasteiger partial charge on any atom is -0.490 e. The smallest absolute Gasteiger partial charge is 0.261 e. The number of aldehydes is 1. The van der Waals surface area contributed by atoms with Gasteiger partial charge in [0, 0.05) is 43.6 Å². The van der Waals surface area contributed by atoms with Crippen molar-refractivity contribution < 1.29 is 14.3 Å². The SMILES string of the molecule is C=C/C=C(\C=C)N1CCOc2ccc(N(C)c3cc(C(=O)NC4CCN(C5CCC5)C4)sc3/N=C(/N)C=O)cc21. The van der Waals surface area contributed by atoms with Gasteiger partial charge in [-0.3, -0.25) is 14.5 Å². The number of rotatable bonds is 10. The Kier molecular flexibility index (Phi) is 8.37. The van der Waals surface area contributed by atoms with Gasteiger partial charge in [0.25, 0.3) is 5.91 Å². The number of carbonyl (C=O) groups excluding carboxylic acids is 2. The first kappa shape index (κ1) is 27.7. The van der Waals surface area contributed by atoms with Crippen LogP contribution in [0.5, 0.6) is 5.75 Å². The van der Waals surface area contributed by atoms with Gasteiger partial charge in [-0.05, 0) is 55.7 Å². The number of amidine groups is 1. The number of nitrogens with zero attached hydrogens (tertiary/aromatic N) is 4. The van der Waals surface area contributed by atoms with Crippen molar-refractivity contribution in [3.8, 4) is 5.75 Å². The number of hydrogen-bond donors (Lipinski definition) is 2. The van der Waals surface area contributed by atoms with Crippen molar-refractivity contribution in [3.63, 3.8) is 0 Å². The lowest BCUT2D eigenvalue weighted by Crippen LogP contribution is -2.42. The Morgan fingerprint density at radius 2 is 2.08 bits per heavy atom. The Hall–Kier alpha value is -3.89. The fraction of sp³-hybridized carbons (Fsp3) is 0.367. The molecule has 9 nitrogen and oxygen atoms in total. The zero-order chi connectivity index (χ0) is 28.2. The van der Waals surface area contributed by atoms with Crippen LogP contribution in [-0.2, 0) is 4.79 Å². The van der Waals surface area contributed by atoms with E-state index in [1.54, 1.807) is 12.2 Å². The van der Waals surface area contributed by atoms with E-state index in [1.807, 2.05) is 42.3 Å². The van der Waals surface area contributed by atoms with Gasteiger partial charge in [0.1, 0.15) is 17.4 Å². The van der Waals surface area contributed by atoms with Crippen molar-refractivity contribution in [3.05, 3.63) is 66.2 Å². The number of fused-ring (bicyclic) bond motifs is 1. The minimum absolute atomic E-state index is 0.123. The standard InChI is InChI=1S/C30H36N6O3S/c1-4-7-21(5-2)36-14-15-39-26-11-10-23(16-24(26)36)34(3)25-17-27(40-30(25)33-28(31)19-37)29(38)32-20-12-13-35(18-20)22-8-6-9-22/h4-5,7,10-11,16-17,19-20,22H,1-2,6,8-9,12-15,18H2,3H3,(H2,31,33)(H,32,38)/b21-7+. The van der Waals surface area contributed by atoms with Crippen LogP contribution in [-0.4, -0.2) is 68.3 Å². The molecule has 0 spiro atoms. The molecular formula is C30H36N6O3S. The third-order valence-electron chi connectivity index (χ3n) is 7.78. The van der Waals surface area contributed by atoms with Crippen molar-refractivity contribution in [2.45, 2.75) is 37.8 Å². The van der Waals surface area contributed by atoms with Crippen LogP contribution in [0, 0.1) is 0 Å². The van der Waals surface area contributed by atoms with Crippen molar-refractivity contribution in [2.24, 2.45) is 10.7 Å². The highest BCUT2D eigenvalue weighted by Gasteiger charge is 2.32. The molecule has 2 fully saturated rings. The van der Waals surface area contributed by atoms with E-state index in [9.17, 15) is 9.59 Å². The van der Waals surface area contributed by atoms with E-state index in [4.69, 9.17) is 10.5 Å². The molecule has 1 atom stereocenters. The number of hydrogen-bond acceptors (Lipinski definition) is 8. The zero-order valence-corrected chi connectivity index (χ0v) is 23.7. The summed E-state index contributed by atoms with van der Waals surface area (Å²) in [5.74, 6) is 0.480. The number of nitrogens with two attached hydrogens (primary N) is 1. The van der Waals surface area contributed by atoms with Crippen LogP contribution in [0.15, 0.2) is 66.3 Å². The molecule has 1 saturated heterocycles. The molecule has 10 heteroatoms. The van der Waals surface area contributed by atoms with Crippen LogP contribution >= 0.6 is 11.3 Å². The lowest BCUT2D eigenvalue weighted by Gasteiger charge is -2.34. The van der Waals surface area contributed by atoms with Crippen LogP contribution in [0.2, 0.25) is 0 Å². The van der Waals surface area contributed by atoms with Gasteiger partial charge >= 0.3 is 0 Å². The summed E-state index contributed by atoms with van der Waals surface area (Å²) in [6, 6.07) is 8.52. The van der Waals surface area contributed by atoms with Crippen molar-refractivity contribution in [2.75, 3.05) is 43.1 Å². The number of thiophene rings is 1. The van der Waals surface area contributed by atoms with Crippen molar-refractivity contribution >= 4 is 51.4 Å². The number of anilines is 3. The molecular weight excluding hydrogens is 524 g/mol. The summed E-state index contributed by atoms with van der Waals surface area (Å²) < 4.78 is 5.91. The quantitative estimate of drug-likeness (QED) is 0.191. The number of nitrogens with one attached hydrogen (secondary N) is 1. The molecule has 2 aliphatic heterocycles. The first-order valence-corrected chi connectivity index (χ1v) is 14.4. The second-order valence-corrected chi connectivity index (χ2v) is 11.3. The molecule has 3 aliphatic rings. The third-order valence-corrected chi connectivity index (χ3v) is 8.80. The molecule has 5 rings (SSSR count). The van der Waals surface area contributed by atoms with Gasteiger partial charge in [-0.2, -0.15) is 0 Å². The molecule has 0 radical (unpaired) electrons. The first-order valence-electron chi connectivity index (χ1n) is 13.6. The molecule has 1 saturated carbocycles. The normalized spacial score (nSPS) is 19.8. The highest BCUT2D eigenvalue weighted by atomic mass is 32.1. The molecule has 40 heavy (non-hydrogen) atoms. The van der Waals surface area contributed by atoms with Gasteiger partial charge in [-0.15, -0.1) is 11.3 Å². The van der Waals surface area contributed by atoms with Crippen LogP contribution in [0.4, 0.5) is 22.1 Å². The van der Waals surface area contributed by atoms with Gasteiger partial charge in [0.2, 0.25) is 0 Å². The molecule has 1 unspecified atom stereocenters. The van der Waals surface area contributed by atoms with Gasteiger partial charge in [0.15, 0.2) is 12.1 Å². The van der Waals surface area contributed by atoms with E-state index in [2.05, 4.69) is 33.3 Å². The molecule has 210 valence electrons. The van der Waals surface area contributed by atoms with E-state index in [-0.39, 0.29) is 17.8 Å². The van der Waals surface area contributed by atoms with Gasteiger partial charge < -0.3 is 25.6 Å². The molecule has 1 amide bonds. The summed E-state index contributed by atoms with van der Waals surface area (Å²) in [7, 11) is 1.90. The van der Waals surface area contributed by atoms with Crippen molar-refractivity contribution in [1.29, 1.82) is 0 Å². The number of ether oxygens (including phenoxy) is 1. The fourth-order valence-electron chi connectivity index (χ4n) is 5.40. The maximum absolute atomic E-state index is 13.3. The number of amides is 1. The van der Waals surface area contributed by atoms with Crippen LogP contribution in [0.3, 0.4) is 0 Å². The predicted octanol–water partition coefficient (Wildman–Crippen LogP) is 4.51. The molecule has 3 N–H and O–H groups in total. The first-order chi connectivity index (χ1) is 19.4. The lowest BCUT2D eigenvalue weighted by molar-refractivity contribution is -0.102. The van der Waals surface area contributed by atoms with Crippen molar-refractivity contribution in [1.82, 2.24) is 10.2 Å². The number of likely N-dealkylation sites (tertiary alicyclic amines) is 1. The summed E-state index contributed by atoms with van der Waals surface area (Å²) in [5.41, 5.74) is 9.14. The molecule has 3 heterocycles. The minimum atomic E-state index is -0.148. The Morgan fingerprint density at radius 3 is 2.77 bits per heavy atom. The molecule has 1 aliphatic carbocycles. The molecule has 1 aromatic carbocycles. The highest BCUT2D eigenvalue weighted by molar-refractivity contribution is 7.18. The predicted molar refractivity (Wildman–Crippen MR) is 163 cm³/mol. The highest BCUT2D eigenvalue weighted by Crippen LogP contribution is 2.43. The topological polar surface area (TPSA) is 104 Å². The van der Waals surface area contributed by atoms with E-state index < -0.39 is 0 Å². The fourth-order valence-corrected chi connectivity index (χ4v) is 6.39. The van der Waals surface area contributed by atoms with Gasteiger partial charge in [-0.1, -0.05) is 25.7 Å². The second-order valence-electron chi connectivity index (χ2n) is 10.2. The maximum atomic E-state index is 13.3. The molecule has 0 bridgehead atoms. The Morgan fingerprint density at radius 1 is 1.25 bits per heavy atom. The Bertz CT molecular complexity index is 1360. The number of carbonyl (C=O) groups is 2. The molecule has 2 aromatic rings. The summed E-state index contributed by atoms with van der Waals surface area (Å²) in [6.45, 7) is 10.9. The number of benzene rings is 1. The van der Waals surface area contributed by atoms with Crippen LogP contribution in [0.25, 0.3) is 0 Å². The number of aliphatic imine (C=N–C) groups is 1. The summed E-state index contributed by atoms with van der Waals surface area (Å²) >= 11 is 1.22. The van der Waals surface area contributed by atoms with E-state index in [0.29, 0.717) is 41.0 Å². The van der Waals surface area contributed by atoms with E-state index in [1.165, 1.54) is 30.6 Å². The second kappa shape index (κ2) is 12.1. The molecule has 1 aromatic heterocycles. The number of allylic oxidation sites excluding steroid dienone is 3. The van der Waals surface area contributed by atoms with E-state index >= 15 is 0 Å². The summed E-state index contributed by atoms with van der Waals surface area (Å²) in [4.78, 5) is 36.0. The zero-order valence-electron chi connectivity index (χ0n) is 22.8. The summed E-state index contributed by atoms with van der Waals surface area (Å²) in [6.07, 6.45) is 10.7. The van der Waals surface area contributed by atoms with E-state index in [0.717, 1.165) is 42.3 Å². The largest absolute Gasteiger partial charge is 0.490 e. The average Bonchev–Trinajstić information content (AvgIpc) is 3.57. The van der Waals surface area contributed by atoms with Gasteiger partial charge in [0.05, 0.1) is 22.8 Å². The average molecular weight is 561 g/mol. The van der Waals surface area contributed by atoms with Crippen LogP contribution in [0.1, 0.15) is 35.4 Å². The monoisotopic (exact) mass is 560 g/mol. The maximum Gasteiger partial charge on any atom is 0.261 e. The van der Waals surface area contributed by atoms with Gasteiger partial charge in [-0.25, -0.2) is 4.99 Å². The third kappa shape index (κ3) is 5.68. The lowest BCUT2D eigenvalue weighted by atomic mass is 9.92. The Balaban J connectivity index is 1.42. The Labute approximate surface area is 239 Å². The summed E-state index contributed by atoms with van der Waals surface area (Å²) in [5, 5.41) is 3.70. The van der Waals surface area contributed by atoms with Crippen LogP contribution < -0.4 is 25.6 Å².